The summed E-state index contributed by atoms with van der Waals surface area (Å²) in [5.74, 6) is 0.468. The van der Waals surface area contributed by atoms with E-state index < -0.39 is 0 Å². The Morgan fingerprint density at radius 2 is 1.29 bits per heavy atom. The van der Waals surface area contributed by atoms with Gasteiger partial charge in [-0.15, -0.1) is 17.2 Å². The molecular formula is C47H50Zr-4. The van der Waals surface area contributed by atoms with Crippen LogP contribution in [0.25, 0.3) is 27.8 Å². The predicted octanol–water partition coefficient (Wildman–Crippen LogP) is 12.2. The molecule has 1 heteroatoms. The molecule has 0 aromatic heterocycles. The first-order chi connectivity index (χ1) is 22.9. The summed E-state index contributed by atoms with van der Waals surface area (Å²) in [5, 5.41) is 0. The van der Waals surface area contributed by atoms with Crippen molar-refractivity contribution in [3.63, 3.8) is 0 Å². The monoisotopic (exact) mass is 704 g/mol. The molecule has 246 valence electrons. The van der Waals surface area contributed by atoms with Crippen LogP contribution in [0.2, 0.25) is 0 Å². The van der Waals surface area contributed by atoms with E-state index >= 15 is 0 Å². The SMILES string of the molecule is CC1=[C-]C(C)(C)c2cc3c(cc21)-c1cc2c(cc1C3)C(C)(C)C=C2C.CC1=[C-]C(C)C=C1c1ccccc1.[CH2-]C.[CH2]=[Zr].[c-]1ccccc1. The summed E-state index contributed by atoms with van der Waals surface area (Å²) in [5.41, 5.74) is 18.5. The van der Waals surface area contributed by atoms with Crippen LogP contribution in [0.3, 0.4) is 0 Å². The Kier molecular flexibility index (Phi) is 12.4. The number of fused-ring (bicyclic) bond motifs is 5. The molecule has 0 N–H and O–H groups in total. The van der Waals surface area contributed by atoms with Crippen LogP contribution in [-0.4, -0.2) is 4.21 Å². The zero-order chi connectivity index (χ0) is 35.2. The van der Waals surface area contributed by atoms with Crippen LogP contribution in [0.5, 0.6) is 0 Å². The van der Waals surface area contributed by atoms with E-state index in [-0.39, 0.29) is 10.8 Å². The van der Waals surface area contributed by atoms with Gasteiger partial charge in [0.25, 0.3) is 0 Å². The molecule has 48 heavy (non-hydrogen) atoms. The van der Waals surface area contributed by atoms with E-state index in [0.717, 1.165) is 6.42 Å². The van der Waals surface area contributed by atoms with Gasteiger partial charge in [0.1, 0.15) is 0 Å². The Bertz CT molecular complexity index is 1750. The normalized spacial score (nSPS) is 17.6. The number of hydrogen-bond donors (Lipinski definition) is 0. The van der Waals surface area contributed by atoms with Crippen molar-refractivity contribution in [2.24, 2.45) is 5.92 Å². The minimum Gasteiger partial charge on any atom is -0.184 e. The Morgan fingerprint density at radius 3 is 1.81 bits per heavy atom. The molecule has 4 aliphatic carbocycles. The van der Waals surface area contributed by atoms with Gasteiger partial charge in [-0.25, -0.2) is 11.1 Å². The second-order valence-corrected chi connectivity index (χ2v) is 13.8. The first-order valence-electron chi connectivity index (χ1n) is 17.0. The zero-order valence-corrected chi connectivity index (χ0v) is 32.9. The molecule has 0 saturated heterocycles. The Balaban J connectivity index is 0.000000188. The van der Waals surface area contributed by atoms with Gasteiger partial charge in [0.2, 0.25) is 0 Å². The maximum absolute atomic E-state index is 3.65. The third-order valence-electron chi connectivity index (χ3n) is 9.39. The second-order valence-electron chi connectivity index (χ2n) is 13.8. The Morgan fingerprint density at radius 1 is 0.729 bits per heavy atom. The average Bonchev–Trinajstić information content (AvgIpc) is 3.76. The molecule has 0 bridgehead atoms. The van der Waals surface area contributed by atoms with Crippen molar-refractivity contribution in [2.75, 3.05) is 0 Å². The summed E-state index contributed by atoms with van der Waals surface area (Å²) in [6.45, 7) is 23.0. The number of allylic oxidation sites excluding steroid dienone is 8. The van der Waals surface area contributed by atoms with Gasteiger partial charge in [0.05, 0.1) is 0 Å². The van der Waals surface area contributed by atoms with Crippen LogP contribution < -0.4 is 0 Å². The average molecular weight is 706 g/mol. The van der Waals surface area contributed by atoms with Gasteiger partial charge in [0, 0.05) is 5.41 Å². The summed E-state index contributed by atoms with van der Waals surface area (Å²) < 4.78 is 3.34. The molecule has 0 spiro atoms. The third kappa shape index (κ3) is 7.90. The molecule has 0 aliphatic heterocycles. The largest absolute Gasteiger partial charge is 0.184 e. The van der Waals surface area contributed by atoms with Gasteiger partial charge in [-0.05, 0) is 58.4 Å². The molecule has 0 fully saturated rings. The quantitative estimate of drug-likeness (QED) is 0.152. The minimum atomic E-state index is 0.0340. The van der Waals surface area contributed by atoms with Crippen molar-refractivity contribution in [3.05, 3.63) is 167 Å². The van der Waals surface area contributed by atoms with E-state index in [1.165, 1.54) is 96.6 Å². The van der Waals surface area contributed by atoms with E-state index in [1.807, 2.05) is 36.4 Å². The van der Waals surface area contributed by atoms with Gasteiger partial charge < -0.3 is 6.92 Å². The standard InChI is InChI=1S/C25H25.C13H13.C6H5.C2H5.CH2.Zr/c1-14-12-24(3,4)22-8-16-7-17-9-23-19(15(2)13-25(23,5)6)11-21(17)20(16)10-18(14)22;1-10-8-11(2)13(9-10)12-6-4-3-5-7-12;1-2-4-6-5-3-1;1-2;;/h8-12H,7H2,1-6H3;3-7,9-10H,1-2H3;1-5H;1H2,2H3;1H2;/q4*-1;;. The summed E-state index contributed by atoms with van der Waals surface area (Å²) >= 11 is 1.30. The number of hydrogen-bond acceptors (Lipinski definition) is 0. The summed E-state index contributed by atoms with van der Waals surface area (Å²) in [7, 11) is 0. The summed E-state index contributed by atoms with van der Waals surface area (Å²) in [4.78, 5) is 0. The topological polar surface area (TPSA) is 0 Å². The molecule has 1 atom stereocenters. The maximum Gasteiger partial charge on any atom is -0.171 e. The van der Waals surface area contributed by atoms with Crippen LogP contribution in [0.15, 0.2) is 103 Å². The molecule has 0 amide bonds. The second kappa shape index (κ2) is 15.9. The molecule has 8 rings (SSSR count). The van der Waals surface area contributed by atoms with Crippen molar-refractivity contribution < 1.29 is 24.2 Å². The van der Waals surface area contributed by atoms with Crippen molar-refractivity contribution >= 4 is 20.9 Å². The fourth-order valence-corrected chi connectivity index (χ4v) is 7.38. The fraction of sp³-hybridized carbons (Fsp3) is 0.277. The third-order valence-corrected chi connectivity index (χ3v) is 9.39. The van der Waals surface area contributed by atoms with Gasteiger partial charge in [-0.2, -0.15) is 60.5 Å². The van der Waals surface area contributed by atoms with Crippen molar-refractivity contribution in [1.82, 2.24) is 0 Å². The van der Waals surface area contributed by atoms with E-state index in [9.17, 15) is 0 Å². The van der Waals surface area contributed by atoms with Crippen LogP contribution in [0, 0.1) is 31.1 Å². The molecule has 0 radical (unpaired) electrons. The molecule has 4 aromatic carbocycles. The first-order valence-corrected chi connectivity index (χ1v) is 18.7. The molecule has 1 unspecified atom stereocenters. The molecule has 4 aliphatic rings. The Hall–Kier alpha value is -3.41. The van der Waals surface area contributed by atoms with E-state index in [1.54, 1.807) is 6.92 Å². The van der Waals surface area contributed by atoms with Gasteiger partial charge >= 0.3 is 28.4 Å². The van der Waals surface area contributed by atoms with E-state index in [4.69, 9.17) is 0 Å². The van der Waals surface area contributed by atoms with Crippen LogP contribution >= 0.6 is 0 Å². The van der Waals surface area contributed by atoms with Gasteiger partial charge in [0.15, 0.2) is 0 Å². The minimum absolute atomic E-state index is 0.0340. The van der Waals surface area contributed by atoms with Crippen molar-refractivity contribution in [2.45, 2.75) is 79.6 Å². The predicted molar refractivity (Wildman–Crippen MR) is 206 cm³/mol. The summed E-state index contributed by atoms with van der Waals surface area (Å²) in [6.07, 6.45) is 12.8. The Labute approximate surface area is 306 Å². The van der Waals surface area contributed by atoms with Crippen LogP contribution in [-0.2, 0) is 41.5 Å². The van der Waals surface area contributed by atoms with Crippen LogP contribution in [0.1, 0.15) is 101 Å². The molecular weight excluding hydrogens is 656 g/mol. The smallest absolute Gasteiger partial charge is 0.171 e. The molecule has 0 saturated carbocycles. The molecule has 0 heterocycles. The van der Waals surface area contributed by atoms with E-state index in [2.05, 4.69) is 145 Å². The van der Waals surface area contributed by atoms with Crippen molar-refractivity contribution in [3.8, 4) is 11.1 Å². The van der Waals surface area contributed by atoms with E-state index in [0.29, 0.717) is 5.92 Å². The maximum atomic E-state index is 3.65. The molecule has 4 aromatic rings. The van der Waals surface area contributed by atoms with Gasteiger partial charge in [-0.3, -0.25) is 12.2 Å². The van der Waals surface area contributed by atoms with Gasteiger partial charge in [-0.1, -0.05) is 108 Å². The fourth-order valence-electron chi connectivity index (χ4n) is 7.38. The molecule has 0 nitrogen and oxygen atoms in total. The first kappa shape index (κ1) is 37.4. The number of benzene rings is 4. The van der Waals surface area contributed by atoms with Crippen molar-refractivity contribution in [1.29, 1.82) is 0 Å². The zero-order valence-electron chi connectivity index (χ0n) is 30.4. The van der Waals surface area contributed by atoms with Crippen LogP contribution in [0.4, 0.5) is 0 Å². The number of rotatable bonds is 1. The summed E-state index contributed by atoms with van der Waals surface area (Å²) in [6, 6.07) is 32.8.